The van der Waals surface area contributed by atoms with Crippen LogP contribution in [0, 0.1) is 23.7 Å². The van der Waals surface area contributed by atoms with Crippen LogP contribution in [-0.4, -0.2) is 80.2 Å². The summed E-state index contributed by atoms with van der Waals surface area (Å²) in [4.78, 5) is 5.19. The number of thiophene rings is 2. The molecule has 2 fully saturated rings. The van der Waals surface area contributed by atoms with E-state index in [9.17, 15) is 0 Å². The second-order valence-corrected chi connectivity index (χ2v) is 49.9. The van der Waals surface area contributed by atoms with Crippen molar-refractivity contribution in [3.05, 3.63) is 286 Å². The normalized spacial score (nSPS) is 17.9. The molecule has 6 heterocycles. The minimum absolute atomic E-state index is 0.309. The van der Waals surface area contributed by atoms with Crippen LogP contribution in [0.1, 0.15) is 334 Å². The van der Waals surface area contributed by atoms with Crippen molar-refractivity contribution in [2.75, 3.05) is 26.4 Å². The number of sulfone groups is 1. The Morgan fingerprint density at radius 3 is 0.907 bits per heavy atom. The van der Waals surface area contributed by atoms with Crippen LogP contribution in [0.4, 0.5) is 0 Å². The Morgan fingerprint density at radius 2 is 0.580 bits per heavy atom. The van der Waals surface area contributed by atoms with E-state index >= 15 is 8.42 Å². The fraction of sp³-hybridized carbons (Fsp3) is 0.439. The molecule has 2 saturated heterocycles. The zero-order valence-corrected chi connectivity index (χ0v) is 95.5. The molecule has 3 aliphatic heterocycles. The fourth-order valence-electron chi connectivity index (χ4n) is 23.6. The molecular weight excluding hydrogens is 1920 g/mol. The van der Waals surface area contributed by atoms with Gasteiger partial charge in [-0.2, -0.15) is 8.75 Å². The number of unbranched alkanes of at least 4 members (excludes halogenated alkanes) is 10. The number of benzene rings is 11. The van der Waals surface area contributed by atoms with Gasteiger partial charge in [0.15, 0.2) is 0 Å². The van der Waals surface area contributed by atoms with Gasteiger partial charge in [-0.1, -0.05) is 330 Å². The molecule has 11 aromatic carbocycles. The average molecular weight is 2080 g/mol. The van der Waals surface area contributed by atoms with Gasteiger partial charge in [0.05, 0.1) is 81.2 Å². The second-order valence-electron chi connectivity index (χ2n) is 45.4. The summed E-state index contributed by atoms with van der Waals surface area (Å²) in [6.45, 7) is 42.4. The van der Waals surface area contributed by atoms with Gasteiger partial charge < -0.3 is 37.6 Å². The predicted molar refractivity (Wildman–Crippen MR) is 628 cm³/mol. The molecule has 784 valence electrons. The summed E-state index contributed by atoms with van der Waals surface area (Å²) in [6, 6.07) is 85.3. The Hall–Kier alpha value is -10.2. The molecule has 0 spiro atoms. The van der Waals surface area contributed by atoms with Crippen molar-refractivity contribution in [1.29, 1.82) is 0 Å². The highest BCUT2D eigenvalue weighted by atomic mass is 32.2. The van der Waals surface area contributed by atoms with E-state index < -0.39 is 57.3 Å². The third-order valence-corrected chi connectivity index (χ3v) is 39.4. The van der Waals surface area contributed by atoms with Crippen molar-refractivity contribution in [3.63, 3.8) is 0 Å². The topological polar surface area (TPSA) is 134 Å². The van der Waals surface area contributed by atoms with E-state index in [4.69, 9.17) is 46.3 Å². The number of fused-ring (bicyclic) bond motifs is 10. The Kier molecular flexibility index (Phi) is 33.3. The van der Waals surface area contributed by atoms with E-state index in [2.05, 4.69) is 337 Å². The van der Waals surface area contributed by atoms with Crippen molar-refractivity contribution in [1.82, 2.24) is 8.75 Å². The van der Waals surface area contributed by atoms with Crippen LogP contribution in [0.15, 0.2) is 240 Å². The van der Waals surface area contributed by atoms with E-state index in [0.717, 1.165) is 254 Å². The van der Waals surface area contributed by atoms with Crippen molar-refractivity contribution in [2.24, 2.45) is 23.7 Å². The van der Waals surface area contributed by atoms with Crippen LogP contribution in [-0.2, 0) is 52.1 Å². The molecule has 0 radical (unpaired) electrons. The van der Waals surface area contributed by atoms with E-state index in [1.165, 1.54) is 100 Å². The molecule has 0 N–H and O–H groups in total. The first kappa shape index (κ1) is 108. The smallest absolute Gasteiger partial charge is 0.493 e. The zero-order valence-electron chi connectivity index (χ0n) is 92.2. The first-order valence-electron chi connectivity index (χ1n) is 56.9. The predicted octanol–water partition coefficient (Wildman–Crippen LogP) is 34.9. The number of nitrogens with zero attached hydrogens (tertiary/aromatic N) is 2. The summed E-state index contributed by atoms with van der Waals surface area (Å²) in [7, 11) is -5.27. The lowest BCUT2D eigenvalue weighted by Gasteiger charge is -2.34. The monoisotopic (exact) mass is 2080 g/mol. The fourth-order valence-corrected chi connectivity index (χ4v) is 28.4. The number of aryl methyl sites for hydroxylation is 2. The largest absolute Gasteiger partial charge is 0.494 e. The van der Waals surface area contributed by atoms with Gasteiger partial charge in [-0.25, -0.2) is 8.42 Å². The quantitative estimate of drug-likeness (QED) is 0.0265. The van der Waals surface area contributed by atoms with Crippen LogP contribution in [0.3, 0.4) is 0 Å². The molecule has 3 aromatic heterocycles. The van der Waals surface area contributed by atoms with Crippen LogP contribution in [0.5, 0.6) is 23.0 Å². The molecule has 14 aromatic rings. The standard InChI is InChI=1S/C132H156B2N2O10S4/c1-19-29-35-37-43-93-77-119(147-125(93)95-47-68-108-110-72-58-102(134-145-129(15,16)130(17,18)146-134)82-118(110)132(116(108)76-95,99-53-63-105(64-54-99)141-85-89(27-9)41-33-23-5)100-55-65-106(66-56-100)142-86-90(28-10)42-34-24-6)113-73-74-114(124-123(113)135-149-136-124)120-78-94(44-38-36-30-20-2)126(148-120)96-48-70-112-111-69-46-92(79-121(111)150(137,138)122(112)80-96)91-45-67-107-109-71-57-101(133-143-127(11,12)128(13,14)144-133)81-117(109)131(115(107)75-91,97-49-59-103(60-50-97)139-83-87(25-7)39-31-21-3)98-51-61-104(62-52-98)140-84-88(26-8)40-32-22-4/h45-82,87-90H,19-44,83-86H2,1-18H3. The first-order valence-corrected chi connectivity index (χ1v) is 60.7. The highest BCUT2D eigenvalue weighted by Gasteiger charge is 2.56. The number of hydrogen-bond donors (Lipinski definition) is 0. The van der Waals surface area contributed by atoms with Crippen LogP contribution in [0.25, 0.3) is 97.3 Å². The van der Waals surface area contributed by atoms with Gasteiger partial charge in [-0.15, -0.1) is 22.7 Å². The van der Waals surface area contributed by atoms with Crippen LogP contribution >= 0.6 is 34.4 Å². The molecule has 4 atom stereocenters. The van der Waals surface area contributed by atoms with Crippen molar-refractivity contribution >= 4 is 80.4 Å². The molecule has 2 aliphatic carbocycles. The summed E-state index contributed by atoms with van der Waals surface area (Å²) < 4.78 is 97.1. The number of rotatable bonds is 49. The maximum atomic E-state index is 16.0. The molecule has 18 heteroatoms. The molecule has 19 rings (SSSR count). The lowest BCUT2D eigenvalue weighted by Crippen LogP contribution is -2.41. The Morgan fingerprint density at radius 1 is 0.300 bits per heavy atom. The molecule has 0 saturated carbocycles. The highest BCUT2D eigenvalue weighted by molar-refractivity contribution is 7.92. The summed E-state index contributed by atoms with van der Waals surface area (Å²) >= 11 is 4.87. The second kappa shape index (κ2) is 46.2. The molecule has 12 nitrogen and oxygen atoms in total. The van der Waals surface area contributed by atoms with Gasteiger partial charge in [0, 0.05) is 41.8 Å². The molecule has 0 bridgehead atoms. The van der Waals surface area contributed by atoms with Crippen molar-refractivity contribution in [2.45, 2.75) is 335 Å². The van der Waals surface area contributed by atoms with Gasteiger partial charge in [0.2, 0.25) is 9.84 Å². The zero-order chi connectivity index (χ0) is 105. The van der Waals surface area contributed by atoms with Crippen LogP contribution in [0.2, 0.25) is 0 Å². The Bertz CT molecular complexity index is 7040. The van der Waals surface area contributed by atoms with Gasteiger partial charge in [0.1, 0.15) is 34.0 Å². The lowest BCUT2D eigenvalue weighted by molar-refractivity contribution is 0.00578. The van der Waals surface area contributed by atoms with Gasteiger partial charge in [-0.3, -0.25) is 0 Å². The number of aromatic nitrogens is 2. The highest BCUT2D eigenvalue weighted by Crippen LogP contribution is 2.62. The Labute approximate surface area is 908 Å². The molecule has 5 aliphatic rings. The number of ether oxygens (including phenoxy) is 4. The molecule has 150 heavy (non-hydrogen) atoms. The maximum absolute atomic E-state index is 16.0. The summed E-state index contributed by atoms with van der Waals surface area (Å²) in [5.41, 5.74) is 23.1. The van der Waals surface area contributed by atoms with Gasteiger partial charge in [-0.05, 0) is 326 Å². The molecule has 4 unspecified atom stereocenters. The van der Waals surface area contributed by atoms with Gasteiger partial charge in [0.25, 0.3) is 0 Å². The van der Waals surface area contributed by atoms with Crippen molar-refractivity contribution in [3.8, 4) is 109 Å². The maximum Gasteiger partial charge on any atom is 0.494 e. The minimum atomic E-state index is -4.07. The third kappa shape index (κ3) is 21.2. The molecular formula is C132H156B2N2O10S4. The lowest BCUT2D eigenvalue weighted by atomic mass is 9.66. The van der Waals surface area contributed by atoms with E-state index in [1.54, 1.807) is 11.3 Å². The SMILES string of the molecule is CCCCCCc1cc(-c2ccc(-c3cc(CCCCCC)c(-c4ccc5c(c4)S(=O)(=O)c4cc(-c6ccc7c(c6)C(c6ccc(OCC(CC)CCCC)cc6)(c6ccc(OCC(CC)CCCC)cc6)c6cc(B8OC(C)(C)C(C)(C)O8)ccc6-7)ccc4-5)s3)c3nsnc23)sc1-c1ccc2c(c1)C(c1ccc(OCC(CC)CCCC)cc1)(c1ccc(OCC(CC)CCCC)cc1)c1cc(B3OC(C)(C)C(C)(C)O3)ccc1-2. The van der Waals surface area contributed by atoms with Crippen LogP contribution < -0.4 is 29.9 Å². The van der Waals surface area contributed by atoms with E-state index in [1.807, 2.05) is 29.5 Å². The first-order chi connectivity index (χ1) is 72.6. The van der Waals surface area contributed by atoms with Crippen molar-refractivity contribution < 1.29 is 46.0 Å². The summed E-state index contributed by atoms with van der Waals surface area (Å²) in [6.07, 6.45) is 28.9. The molecule has 0 amide bonds. The Balaban J connectivity index is 0.677. The van der Waals surface area contributed by atoms with E-state index in [-0.39, 0.29) is 0 Å². The summed E-state index contributed by atoms with van der Waals surface area (Å²) in [5.74, 6) is 5.32. The van der Waals surface area contributed by atoms with Gasteiger partial charge >= 0.3 is 14.2 Å². The number of hydrogen-bond acceptors (Lipinski definition) is 15. The average Bonchev–Trinajstić information content (AvgIpc) is 1.52. The summed E-state index contributed by atoms with van der Waals surface area (Å²) in [5, 5.41) is 0. The minimum Gasteiger partial charge on any atom is -0.493 e. The third-order valence-electron chi connectivity index (χ3n) is 34.5. The van der Waals surface area contributed by atoms with E-state index in [0.29, 0.717) is 71.0 Å².